The van der Waals surface area contributed by atoms with Gasteiger partial charge in [0, 0.05) is 23.7 Å². The smallest absolute Gasteiger partial charge is 0.324 e. The minimum atomic E-state index is -4.12. The van der Waals surface area contributed by atoms with Gasteiger partial charge in [-0.25, -0.2) is 0 Å². The number of hydrogen-bond acceptors (Lipinski definition) is 8. The van der Waals surface area contributed by atoms with E-state index in [-0.39, 0.29) is 38.8 Å². The third kappa shape index (κ3) is 3.51. The summed E-state index contributed by atoms with van der Waals surface area (Å²) in [6.45, 7) is 7.89. The van der Waals surface area contributed by atoms with E-state index in [0.29, 0.717) is 18.7 Å². The van der Waals surface area contributed by atoms with Crippen LogP contribution < -0.4 is 5.32 Å². The van der Waals surface area contributed by atoms with E-state index in [1.54, 1.807) is 27.7 Å². The first-order valence-corrected chi connectivity index (χ1v) is 15.3. The lowest BCUT2D eigenvalue weighted by atomic mass is 9.88. The second-order valence-corrected chi connectivity index (χ2v) is 13.8. The van der Waals surface area contributed by atoms with E-state index >= 15 is 0 Å². The van der Waals surface area contributed by atoms with E-state index < -0.39 is 31.7 Å². The summed E-state index contributed by atoms with van der Waals surface area (Å²) in [5.74, 6) is -0.221. The molecule has 4 rings (SSSR count). The highest BCUT2D eigenvalue weighted by Crippen LogP contribution is 2.85. The monoisotopic (exact) mass is 514 g/mol. The molecule has 1 amide bonds. The average Bonchev–Trinajstić information content (AvgIpc) is 3.29. The van der Waals surface area contributed by atoms with Crippen LogP contribution in [0.3, 0.4) is 0 Å². The van der Waals surface area contributed by atoms with Gasteiger partial charge in [-0.1, -0.05) is 24.6 Å². The molecule has 1 aromatic rings. The van der Waals surface area contributed by atoms with Crippen LogP contribution in [0.5, 0.6) is 0 Å². The Kier molecular flexibility index (Phi) is 7.48. The summed E-state index contributed by atoms with van der Waals surface area (Å²) in [5, 5.41) is 3.01. The van der Waals surface area contributed by atoms with Crippen LogP contribution in [0.4, 0.5) is 5.69 Å². The molecule has 1 N–H and O–H groups in total. The van der Waals surface area contributed by atoms with Crippen molar-refractivity contribution in [2.24, 2.45) is 0 Å². The van der Waals surface area contributed by atoms with Crippen LogP contribution in [0.2, 0.25) is 0 Å². The Bertz CT molecular complexity index is 969. The van der Waals surface area contributed by atoms with E-state index in [4.69, 9.17) is 18.1 Å². The number of nitrogens with one attached hydrogen (secondary N) is 1. The van der Waals surface area contributed by atoms with Crippen molar-refractivity contribution in [2.75, 3.05) is 38.3 Å². The lowest BCUT2D eigenvalue weighted by Gasteiger charge is -2.46. The van der Waals surface area contributed by atoms with Crippen molar-refractivity contribution in [3.63, 3.8) is 0 Å². The summed E-state index contributed by atoms with van der Waals surface area (Å²) in [4.78, 5) is 14.2. The second-order valence-electron chi connectivity index (χ2n) is 8.79. The molecule has 3 aliphatic rings. The number of rotatable bonds is 10. The van der Waals surface area contributed by atoms with Gasteiger partial charge in [-0.15, -0.1) is 0 Å². The first-order valence-electron chi connectivity index (χ1n) is 12.3. The molecule has 0 aromatic heterocycles. The van der Waals surface area contributed by atoms with Gasteiger partial charge in [0.25, 0.3) is 0 Å². The average molecular weight is 514 g/mol. The van der Waals surface area contributed by atoms with Crippen LogP contribution in [-0.4, -0.2) is 54.7 Å². The maximum atomic E-state index is 14.8. The Morgan fingerprint density at radius 2 is 1.50 bits per heavy atom. The first-order chi connectivity index (χ1) is 16.3. The summed E-state index contributed by atoms with van der Waals surface area (Å²) in [6, 6.07) is 6.97. The van der Waals surface area contributed by atoms with Gasteiger partial charge in [-0.2, -0.15) is 0 Å². The Hall–Kier alpha value is -1.05. The minimum Gasteiger partial charge on any atom is -0.324 e. The quantitative estimate of drug-likeness (QED) is 0.419. The fourth-order valence-electron chi connectivity index (χ4n) is 6.14. The van der Waals surface area contributed by atoms with Crippen LogP contribution in [-0.2, 0) is 37.6 Å². The summed E-state index contributed by atoms with van der Waals surface area (Å²) in [5.41, 5.74) is 0.320. The highest BCUT2D eigenvalue weighted by molar-refractivity contribution is 7.74. The second kappa shape index (κ2) is 9.78. The molecule has 1 aromatic carbocycles. The highest BCUT2D eigenvalue weighted by Gasteiger charge is 2.79. The van der Waals surface area contributed by atoms with E-state index in [0.717, 1.165) is 18.4 Å². The standard InChI is InChI=1S/C23H36N2O7P2/c1-5-29-33(27,30-6-2)23(34(28,31-7-3)32-8-4)17-22(25-16-12-11-15-20(23)25)18-13-9-10-14-19(18)24-21(22)26/h9-10,13-14,20H,5-8,11-12,15-17H2,1-4H3,(H,24,26). The summed E-state index contributed by atoms with van der Waals surface area (Å²) in [6.07, 6.45) is 2.23. The predicted molar refractivity (Wildman–Crippen MR) is 130 cm³/mol. The fourth-order valence-corrected chi connectivity index (χ4v) is 12.5. The highest BCUT2D eigenvalue weighted by atomic mass is 31.2. The number of hydrogen-bond donors (Lipinski definition) is 1. The number of carbonyl (C=O) groups excluding carboxylic acids is 1. The van der Waals surface area contributed by atoms with Gasteiger partial charge in [0.05, 0.1) is 26.4 Å². The fraction of sp³-hybridized carbons (Fsp3) is 0.696. The van der Waals surface area contributed by atoms with Gasteiger partial charge in [-0.05, 0) is 53.1 Å². The van der Waals surface area contributed by atoms with Crippen molar-refractivity contribution >= 4 is 26.8 Å². The van der Waals surface area contributed by atoms with Gasteiger partial charge < -0.3 is 23.4 Å². The van der Waals surface area contributed by atoms with Gasteiger partial charge in [-0.3, -0.25) is 18.8 Å². The van der Waals surface area contributed by atoms with Crippen molar-refractivity contribution in [1.82, 2.24) is 4.90 Å². The van der Waals surface area contributed by atoms with Crippen molar-refractivity contribution in [2.45, 2.75) is 69.9 Å². The summed E-state index contributed by atoms with van der Waals surface area (Å²) >= 11 is 0. The number of carbonyl (C=O) groups is 1. The Morgan fingerprint density at radius 1 is 0.941 bits per heavy atom. The Labute approximate surface area is 201 Å². The molecule has 0 radical (unpaired) electrons. The zero-order chi connectivity index (χ0) is 24.6. The number of fused-ring (bicyclic) bond motifs is 4. The Morgan fingerprint density at radius 3 is 2.06 bits per heavy atom. The maximum Gasteiger partial charge on any atom is 0.350 e. The van der Waals surface area contributed by atoms with Gasteiger partial charge >= 0.3 is 15.2 Å². The molecule has 2 fully saturated rings. The van der Waals surface area contributed by atoms with E-state index in [1.807, 2.05) is 24.3 Å². The third-order valence-electron chi connectivity index (χ3n) is 7.18. The SMILES string of the molecule is CCOP(=O)(OCC)C1(P(=O)(OCC)OCC)CC2(C(=O)Nc3ccccc32)N2CCCCC21. The molecule has 0 saturated carbocycles. The third-order valence-corrected chi connectivity index (χ3v) is 13.9. The van der Waals surface area contributed by atoms with E-state index in [2.05, 4.69) is 10.2 Å². The number of amides is 1. The van der Waals surface area contributed by atoms with Crippen LogP contribution in [0, 0.1) is 0 Å². The number of nitrogens with zero attached hydrogens (tertiary/aromatic N) is 1. The molecule has 1 spiro atoms. The molecule has 2 saturated heterocycles. The first kappa shape index (κ1) is 26.0. The molecule has 0 bridgehead atoms. The van der Waals surface area contributed by atoms with Gasteiger partial charge in [0.15, 0.2) is 4.90 Å². The van der Waals surface area contributed by atoms with Crippen molar-refractivity contribution < 1.29 is 32.0 Å². The molecule has 2 atom stereocenters. The van der Waals surface area contributed by atoms with Crippen LogP contribution >= 0.6 is 15.2 Å². The molecule has 11 heteroatoms. The number of piperidine rings is 1. The molecule has 3 heterocycles. The van der Waals surface area contributed by atoms with E-state index in [1.165, 1.54) is 0 Å². The lowest BCUT2D eigenvalue weighted by Crippen LogP contribution is -2.53. The lowest BCUT2D eigenvalue weighted by molar-refractivity contribution is -0.127. The Balaban J connectivity index is 2.05. The van der Waals surface area contributed by atoms with Crippen molar-refractivity contribution in [3.8, 4) is 0 Å². The molecule has 34 heavy (non-hydrogen) atoms. The van der Waals surface area contributed by atoms with E-state index in [9.17, 15) is 13.9 Å². The summed E-state index contributed by atoms with van der Waals surface area (Å²) in [7, 11) is -8.24. The molecule has 190 valence electrons. The zero-order valence-corrected chi connectivity index (χ0v) is 22.2. The van der Waals surface area contributed by atoms with Gasteiger partial charge in [0.2, 0.25) is 5.91 Å². The maximum absolute atomic E-state index is 14.8. The minimum absolute atomic E-state index is 0.0396. The van der Waals surface area contributed by atoms with Crippen molar-refractivity contribution in [1.29, 1.82) is 0 Å². The summed E-state index contributed by atoms with van der Waals surface area (Å²) < 4.78 is 53.3. The number of anilines is 1. The van der Waals surface area contributed by atoms with Gasteiger partial charge in [0.1, 0.15) is 5.54 Å². The number of para-hydroxylation sites is 1. The zero-order valence-electron chi connectivity index (χ0n) is 20.5. The molecule has 2 unspecified atom stereocenters. The largest absolute Gasteiger partial charge is 0.350 e. The van der Waals surface area contributed by atoms with Crippen molar-refractivity contribution in [3.05, 3.63) is 29.8 Å². The molecule has 0 aliphatic carbocycles. The molecular formula is C23H36N2O7P2. The molecule has 3 aliphatic heterocycles. The normalized spacial score (nSPS) is 26.5. The predicted octanol–water partition coefficient (Wildman–Crippen LogP) is 5.32. The van der Waals surface area contributed by atoms with Crippen LogP contribution in [0.1, 0.15) is 58.9 Å². The number of benzene rings is 1. The topological polar surface area (TPSA) is 103 Å². The van der Waals surface area contributed by atoms with Crippen LogP contribution in [0.25, 0.3) is 0 Å². The van der Waals surface area contributed by atoms with Crippen LogP contribution in [0.15, 0.2) is 24.3 Å². The molecule has 9 nitrogen and oxygen atoms in total. The molecular weight excluding hydrogens is 478 g/mol.